The quantitative estimate of drug-likeness (QED) is 0.495. The number of benzene rings is 2. The van der Waals surface area contributed by atoms with Gasteiger partial charge < -0.3 is 0 Å². The molecule has 74 valence electrons. The van der Waals surface area contributed by atoms with Gasteiger partial charge in [0.25, 0.3) is 0 Å². The van der Waals surface area contributed by atoms with Gasteiger partial charge in [0.2, 0.25) is 0 Å². The summed E-state index contributed by atoms with van der Waals surface area (Å²) in [7, 11) is 0. The van der Waals surface area contributed by atoms with Gasteiger partial charge in [-0.3, -0.25) is 0 Å². The van der Waals surface area contributed by atoms with Gasteiger partial charge in [0.15, 0.2) is 0 Å². The second-order valence-corrected chi connectivity index (χ2v) is 7.19. The van der Waals surface area contributed by atoms with Crippen LogP contribution in [0.25, 0.3) is 19.3 Å². The number of halogens is 2. The van der Waals surface area contributed by atoms with Crippen LogP contribution >= 0.6 is 31.9 Å². The molecule has 0 aliphatic rings. The summed E-state index contributed by atoms with van der Waals surface area (Å²) >= 11 is 7.68. The first kappa shape index (κ1) is 10.1. The number of hydrogen-bond donors (Lipinski definition) is 0. The molecule has 0 fully saturated rings. The maximum absolute atomic E-state index is 3.63. The molecule has 0 saturated carbocycles. The zero-order valence-electron chi connectivity index (χ0n) is 7.63. The summed E-state index contributed by atoms with van der Waals surface area (Å²) in [5.41, 5.74) is 0. The van der Waals surface area contributed by atoms with Gasteiger partial charge in [-0.15, -0.1) is 0 Å². The molecule has 0 amide bonds. The number of fused-ring (bicyclic) bond motifs is 3. The predicted molar refractivity (Wildman–Crippen MR) is 73.8 cm³/mol. The van der Waals surface area contributed by atoms with Gasteiger partial charge in [0, 0.05) is 0 Å². The number of hydrogen-bond acceptors (Lipinski definition) is 0. The van der Waals surface area contributed by atoms with E-state index in [-0.39, 0.29) is 0 Å². The van der Waals surface area contributed by atoms with Crippen molar-refractivity contribution in [3.8, 4) is 0 Å². The molecule has 0 radical (unpaired) electrons. The van der Waals surface area contributed by atoms with Crippen molar-refractivity contribution < 1.29 is 0 Å². The van der Waals surface area contributed by atoms with Crippen molar-refractivity contribution >= 4 is 65.7 Å². The van der Waals surface area contributed by atoms with Crippen LogP contribution in [0.3, 0.4) is 0 Å². The van der Waals surface area contributed by atoms with Crippen LogP contribution in [0.15, 0.2) is 45.3 Å². The Hall–Kier alpha value is -0.0805. The van der Waals surface area contributed by atoms with E-state index in [1.807, 2.05) is 0 Å². The van der Waals surface area contributed by atoms with E-state index in [4.69, 9.17) is 0 Å². The van der Waals surface area contributed by atoms with Crippen molar-refractivity contribution in [1.82, 2.24) is 0 Å². The molecular weight excluding hydrogens is 383 g/mol. The molecule has 0 bridgehead atoms. The second kappa shape index (κ2) is 3.74. The molecule has 0 unspecified atom stereocenters. The van der Waals surface area contributed by atoms with E-state index < -0.39 is 0 Å². The Morgan fingerprint density at radius 1 is 0.733 bits per heavy atom. The second-order valence-electron chi connectivity index (χ2n) is 3.34. The molecule has 1 heterocycles. The molecule has 3 aromatic rings. The summed E-state index contributed by atoms with van der Waals surface area (Å²) in [4.78, 5) is 0. The fourth-order valence-electron chi connectivity index (χ4n) is 1.75. The fraction of sp³-hybridized carbons (Fsp3) is 0. The van der Waals surface area contributed by atoms with Gasteiger partial charge in [0.05, 0.1) is 0 Å². The molecule has 15 heavy (non-hydrogen) atoms. The average molecular weight is 389 g/mol. The van der Waals surface area contributed by atoms with Crippen LogP contribution in [0.2, 0.25) is 0 Å². The molecule has 0 aliphatic carbocycles. The minimum atomic E-state index is 0.421. The first-order chi connectivity index (χ1) is 7.27. The molecule has 0 aliphatic heterocycles. The monoisotopic (exact) mass is 388 g/mol. The minimum absolute atomic E-state index is 0.421. The first-order valence-electron chi connectivity index (χ1n) is 4.52. The van der Waals surface area contributed by atoms with Crippen LogP contribution in [-0.2, 0) is 0 Å². The van der Waals surface area contributed by atoms with Crippen molar-refractivity contribution in [2.75, 3.05) is 0 Å². The summed E-state index contributed by atoms with van der Waals surface area (Å²) < 4.78 is 5.41. The van der Waals surface area contributed by atoms with E-state index in [0.29, 0.717) is 14.5 Å². The van der Waals surface area contributed by atoms with Crippen LogP contribution in [0.4, 0.5) is 0 Å². The molecule has 1 aromatic heterocycles. The molecule has 0 nitrogen and oxygen atoms in total. The Kier molecular flexibility index (Phi) is 2.52. The molecule has 3 heteroatoms. The van der Waals surface area contributed by atoms with E-state index in [1.54, 1.807) is 0 Å². The van der Waals surface area contributed by atoms with Crippen molar-refractivity contribution in [2.45, 2.75) is 0 Å². The molecule has 3 rings (SSSR count). The van der Waals surface area contributed by atoms with E-state index >= 15 is 0 Å². The van der Waals surface area contributed by atoms with Gasteiger partial charge >= 0.3 is 111 Å². The molecule has 0 spiro atoms. The summed E-state index contributed by atoms with van der Waals surface area (Å²) in [5.74, 6) is 0. The Balaban J connectivity index is 2.63. The van der Waals surface area contributed by atoms with Gasteiger partial charge in [0.1, 0.15) is 0 Å². The normalized spacial score (nSPS) is 11.3. The molecular formula is C12H6Br2Se. The van der Waals surface area contributed by atoms with Crippen LogP contribution in [0.1, 0.15) is 0 Å². The van der Waals surface area contributed by atoms with E-state index in [1.165, 1.54) is 28.2 Å². The number of rotatable bonds is 0. The van der Waals surface area contributed by atoms with E-state index in [0.717, 1.165) is 0 Å². The third-order valence-electron chi connectivity index (χ3n) is 2.43. The van der Waals surface area contributed by atoms with Crippen LogP contribution in [-0.4, -0.2) is 14.5 Å². The van der Waals surface area contributed by atoms with Gasteiger partial charge in [-0.1, -0.05) is 0 Å². The SMILES string of the molecule is Brc1cccc2c1[se]c1c(Br)cccc12. The molecule has 2 aromatic carbocycles. The average Bonchev–Trinajstić information content (AvgIpc) is 2.60. The van der Waals surface area contributed by atoms with Crippen LogP contribution in [0, 0.1) is 0 Å². The van der Waals surface area contributed by atoms with Gasteiger partial charge in [-0.05, 0) is 0 Å². The predicted octanol–water partition coefficient (Wildman–Crippen LogP) is 4.58. The maximum atomic E-state index is 3.63. The van der Waals surface area contributed by atoms with Crippen molar-refractivity contribution in [1.29, 1.82) is 0 Å². The Morgan fingerprint density at radius 3 is 1.67 bits per heavy atom. The van der Waals surface area contributed by atoms with E-state index in [9.17, 15) is 0 Å². The standard InChI is InChI=1S/C12H6Br2Se/c13-9-5-1-3-7-8-4-2-6-10(14)12(8)15-11(7)9/h1-6H. The molecule has 0 saturated heterocycles. The molecule has 0 N–H and O–H groups in total. The zero-order valence-corrected chi connectivity index (χ0v) is 12.5. The van der Waals surface area contributed by atoms with Crippen molar-refractivity contribution in [3.63, 3.8) is 0 Å². The van der Waals surface area contributed by atoms with Gasteiger partial charge in [-0.25, -0.2) is 0 Å². The topological polar surface area (TPSA) is 0 Å². The Bertz CT molecular complexity index is 599. The van der Waals surface area contributed by atoms with E-state index in [2.05, 4.69) is 68.3 Å². The third kappa shape index (κ3) is 1.53. The molecule has 0 atom stereocenters. The van der Waals surface area contributed by atoms with Crippen LogP contribution in [0.5, 0.6) is 0 Å². The Morgan fingerprint density at radius 2 is 1.20 bits per heavy atom. The third-order valence-corrected chi connectivity index (χ3v) is 7.63. The van der Waals surface area contributed by atoms with Crippen molar-refractivity contribution in [2.24, 2.45) is 0 Å². The van der Waals surface area contributed by atoms with Crippen LogP contribution < -0.4 is 0 Å². The summed E-state index contributed by atoms with van der Waals surface area (Å²) in [6.07, 6.45) is 0. The summed E-state index contributed by atoms with van der Waals surface area (Å²) in [6.45, 7) is 0. The van der Waals surface area contributed by atoms with Gasteiger partial charge in [-0.2, -0.15) is 0 Å². The van der Waals surface area contributed by atoms with Crippen molar-refractivity contribution in [3.05, 3.63) is 45.3 Å². The summed E-state index contributed by atoms with van der Waals surface area (Å²) in [5, 5.41) is 2.78. The fourth-order valence-corrected chi connectivity index (χ4v) is 5.66. The first-order valence-corrected chi connectivity index (χ1v) is 7.82. The Labute approximate surface area is 110 Å². The summed E-state index contributed by atoms with van der Waals surface area (Å²) in [6, 6.07) is 12.9. The zero-order chi connectivity index (χ0) is 10.4.